The van der Waals surface area contributed by atoms with Crippen LogP contribution in [0.5, 0.6) is 0 Å². The number of carbonyl (C=O) groups is 1. The lowest BCUT2D eigenvalue weighted by molar-refractivity contribution is -0.121. The molecule has 0 fully saturated rings. The highest BCUT2D eigenvalue weighted by Crippen LogP contribution is 2.16. The molecule has 6 heteroatoms. The number of halogens is 1. The van der Waals surface area contributed by atoms with Crippen molar-refractivity contribution in [2.75, 3.05) is 19.8 Å². The van der Waals surface area contributed by atoms with Crippen molar-refractivity contribution >= 4 is 32.7 Å². The number of nitrogens with one attached hydrogen (secondary N) is 1. The summed E-state index contributed by atoms with van der Waals surface area (Å²) in [6.45, 7) is 4.05. The van der Waals surface area contributed by atoms with Crippen LogP contribution in [0.25, 0.3) is 10.9 Å². The quantitative estimate of drug-likeness (QED) is 0.764. The van der Waals surface area contributed by atoms with E-state index >= 15 is 0 Å². The number of nitrogens with zero attached hydrogens (tertiary/aromatic N) is 1. The van der Waals surface area contributed by atoms with Crippen LogP contribution >= 0.6 is 15.9 Å². The van der Waals surface area contributed by atoms with Crippen LogP contribution in [-0.2, 0) is 16.1 Å². The van der Waals surface area contributed by atoms with E-state index < -0.39 is 0 Å². The molecule has 2 rings (SSSR count). The number of pyridine rings is 1. The van der Waals surface area contributed by atoms with Gasteiger partial charge in [0, 0.05) is 41.9 Å². The zero-order valence-electron chi connectivity index (χ0n) is 12.5. The molecule has 1 heterocycles. The van der Waals surface area contributed by atoms with E-state index in [0.29, 0.717) is 25.1 Å². The number of hydrogen-bond acceptors (Lipinski definition) is 3. The first-order valence-corrected chi connectivity index (χ1v) is 8.04. The van der Waals surface area contributed by atoms with Gasteiger partial charge in [0.2, 0.25) is 5.91 Å². The molecule has 2 aromatic rings. The SMILES string of the molecule is CCOCCCNC(=O)Cn1ccc(=O)c2cc(Br)ccc21. The van der Waals surface area contributed by atoms with Gasteiger partial charge in [0.1, 0.15) is 6.54 Å². The molecule has 0 aliphatic heterocycles. The van der Waals surface area contributed by atoms with Crippen molar-refractivity contribution in [3.05, 3.63) is 45.2 Å². The van der Waals surface area contributed by atoms with Crippen LogP contribution in [-0.4, -0.2) is 30.2 Å². The Balaban J connectivity index is 2.04. The maximum absolute atomic E-state index is 12.0. The van der Waals surface area contributed by atoms with Crippen molar-refractivity contribution in [2.24, 2.45) is 0 Å². The Morgan fingerprint density at radius 3 is 2.95 bits per heavy atom. The Morgan fingerprint density at radius 2 is 2.18 bits per heavy atom. The average molecular weight is 367 g/mol. The zero-order chi connectivity index (χ0) is 15.9. The second-order valence-electron chi connectivity index (χ2n) is 4.87. The van der Waals surface area contributed by atoms with Crippen molar-refractivity contribution in [3.8, 4) is 0 Å². The Hall–Kier alpha value is -1.66. The smallest absolute Gasteiger partial charge is 0.239 e. The largest absolute Gasteiger partial charge is 0.382 e. The number of benzene rings is 1. The molecule has 22 heavy (non-hydrogen) atoms. The van der Waals surface area contributed by atoms with Gasteiger partial charge in [-0.2, -0.15) is 0 Å². The molecule has 1 aromatic carbocycles. The monoisotopic (exact) mass is 366 g/mol. The normalized spacial score (nSPS) is 10.8. The molecule has 0 unspecified atom stereocenters. The van der Waals surface area contributed by atoms with Crippen LogP contribution in [0.15, 0.2) is 39.7 Å². The molecular formula is C16H19BrN2O3. The van der Waals surface area contributed by atoms with Crippen LogP contribution in [0.2, 0.25) is 0 Å². The maximum Gasteiger partial charge on any atom is 0.239 e. The number of rotatable bonds is 7. The fourth-order valence-corrected chi connectivity index (χ4v) is 2.54. The minimum absolute atomic E-state index is 0.0512. The van der Waals surface area contributed by atoms with Gasteiger partial charge >= 0.3 is 0 Å². The molecule has 1 amide bonds. The summed E-state index contributed by atoms with van der Waals surface area (Å²) >= 11 is 3.36. The molecule has 1 N–H and O–H groups in total. The number of carbonyl (C=O) groups excluding carboxylic acids is 1. The summed E-state index contributed by atoms with van der Waals surface area (Å²) in [6, 6.07) is 6.95. The van der Waals surface area contributed by atoms with Crippen LogP contribution in [0, 0.1) is 0 Å². The third kappa shape index (κ3) is 4.42. The lowest BCUT2D eigenvalue weighted by atomic mass is 10.2. The van der Waals surface area contributed by atoms with E-state index in [-0.39, 0.29) is 17.9 Å². The molecule has 0 spiro atoms. The third-order valence-electron chi connectivity index (χ3n) is 3.25. The van der Waals surface area contributed by atoms with Crippen molar-refractivity contribution in [1.82, 2.24) is 9.88 Å². The number of hydrogen-bond donors (Lipinski definition) is 1. The fraction of sp³-hybridized carbons (Fsp3) is 0.375. The maximum atomic E-state index is 12.0. The molecule has 1 aromatic heterocycles. The predicted octanol–water partition coefficient (Wildman–Crippen LogP) is 2.31. The molecule has 0 atom stereocenters. The summed E-state index contributed by atoms with van der Waals surface area (Å²) in [6.07, 6.45) is 2.44. The molecule has 118 valence electrons. The highest BCUT2D eigenvalue weighted by Gasteiger charge is 2.07. The lowest BCUT2D eigenvalue weighted by Crippen LogP contribution is -2.29. The summed E-state index contributed by atoms with van der Waals surface area (Å²) in [7, 11) is 0. The first-order chi connectivity index (χ1) is 10.6. The molecule has 0 aliphatic carbocycles. The van der Waals surface area contributed by atoms with E-state index in [1.807, 2.05) is 19.1 Å². The lowest BCUT2D eigenvalue weighted by Gasteiger charge is -2.11. The Bertz CT molecular complexity index is 712. The minimum atomic E-state index is -0.0793. The van der Waals surface area contributed by atoms with Gasteiger partial charge in [0.15, 0.2) is 5.43 Å². The Labute approximate surface area is 137 Å². The molecule has 0 bridgehead atoms. The number of fused-ring (bicyclic) bond motifs is 1. The van der Waals surface area contributed by atoms with Crippen LogP contribution in [0.4, 0.5) is 0 Å². The van der Waals surface area contributed by atoms with Crippen molar-refractivity contribution in [3.63, 3.8) is 0 Å². The van der Waals surface area contributed by atoms with Gasteiger partial charge in [-0.1, -0.05) is 15.9 Å². The van der Waals surface area contributed by atoms with Gasteiger partial charge in [-0.05, 0) is 31.5 Å². The first-order valence-electron chi connectivity index (χ1n) is 7.25. The second-order valence-corrected chi connectivity index (χ2v) is 5.79. The fourth-order valence-electron chi connectivity index (χ4n) is 2.18. The van der Waals surface area contributed by atoms with E-state index in [2.05, 4.69) is 21.2 Å². The standard InChI is InChI=1S/C16H19BrN2O3/c1-2-22-9-3-7-18-16(21)11-19-8-6-15(20)13-10-12(17)4-5-14(13)19/h4-6,8,10H,2-3,7,9,11H2,1H3,(H,18,21). The predicted molar refractivity (Wildman–Crippen MR) is 90.0 cm³/mol. The highest BCUT2D eigenvalue weighted by atomic mass is 79.9. The van der Waals surface area contributed by atoms with Crippen LogP contribution < -0.4 is 10.7 Å². The molecule has 0 radical (unpaired) electrons. The van der Waals surface area contributed by atoms with Crippen molar-refractivity contribution in [1.29, 1.82) is 0 Å². The van der Waals surface area contributed by atoms with E-state index in [1.54, 1.807) is 16.8 Å². The van der Waals surface area contributed by atoms with Gasteiger partial charge in [-0.15, -0.1) is 0 Å². The molecule has 0 saturated carbocycles. The van der Waals surface area contributed by atoms with E-state index in [1.165, 1.54) is 6.07 Å². The van der Waals surface area contributed by atoms with E-state index in [4.69, 9.17) is 4.74 Å². The van der Waals surface area contributed by atoms with Gasteiger partial charge in [0.25, 0.3) is 0 Å². The van der Waals surface area contributed by atoms with Gasteiger partial charge in [0.05, 0.1) is 5.52 Å². The van der Waals surface area contributed by atoms with Crippen LogP contribution in [0.3, 0.4) is 0 Å². The average Bonchev–Trinajstić information content (AvgIpc) is 2.50. The number of aromatic nitrogens is 1. The van der Waals surface area contributed by atoms with Gasteiger partial charge in [-0.3, -0.25) is 9.59 Å². The molecule has 0 aliphatic rings. The summed E-state index contributed by atoms with van der Waals surface area (Å²) in [5.74, 6) is -0.0793. The first kappa shape index (κ1) is 16.7. The third-order valence-corrected chi connectivity index (χ3v) is 3.74. The van der Waals surface area contributed by atoms with E-state index in [9.17, 15) is 9.59 Å². The Kier molecular flexibility index (Phi) is 6.15. The van der Waals surface area contributed by atoms with Crippen LogP contribution in [0.1, 0.15) is 13.3 Å². The highest BCUT2D eigenvalue weighted by molar-refractivity contribution is 9.10. The molecular weight excluding hydrogens is 348 g/mol. The minimum Gasteiger partial charge on any atom is -0.382 e. The van der Waals surface area contributed by atoms with E-state index in [0.717, 1.165) is 16.4 Å². The molecule has 5 nitrogen and oxygen atoms in total. The number of ether oxygens (including phenoxy) is 1. The second kappa shape index (κ2) is 8.10. The summed E-state index contributed by atoms with van der Waals surface area (Å²) in [5, 5.41) is 3.45. The van der Waals surface area contributed by atoms with Gasteiger partial charge in [-0.25, -0.2) is 0 Å². The van der Waals surface area contributed by atoms with Gasteiger partial charge < -0.3 is 14.6 Å². The topological polar surface area (TPSA) is 60.3 Å². The molecule has 0 saturated heterocycles. The Morgan fingerprint density at radius 1 is 1.36 bits per heavy atom. The summed E-state index contributed by atoms with van der Waals surface area (Å²) < 4.78 is 7.84. The summed E-state index contributed by atoms with van der Waals surface area (Å²) in [4.78, 5) is 23.9. The summed E-state index contributed by atoms with van der Waals surface area (Å²) in [5.41, 5.74) is 0.699. The van der Waals surface area contributed by atoms with Crippen molar-refractivity contribution < 1.29 is 9.53 Å². The van der Waals surface area contributed by atoms with Crippen molar-refractivity contribution in [2.45, 2.75) is 19.9 Å². The zero-order valence-corrected chi connectivity index (χ0v) is 14.1. The number of amides is 1.